The number of amidine groups is 1. The van der Waals surface area contributed by atoms with Crippen LogP contribution in [0.3, 0.4) is 0 Å². The molecular formula is C38H49N11O4. The molecule has 0 bridgehead atoms. The van der Waals surface area contributed by atoms with Crippen LogP contribution in [0.1, 0.15) is 78.4 Å². The van der Waals surface area contributed by atoms with Crippen LogP contribution in [0.25, 0.3) is 0 Å². The number of hydrogen-bond donors (Lipinski definition) is 7. The Kier molecular flexibility index (Phi) is 15.8. The molecule has 53 heavy (non-hydrogen) atoms. The van der Waals surface area contributed by atoms with Crippen LogP contribution in [0, 0.1) is 5.92 Å². The average Bonchev–Trinajstić information content (AvgIpc) is 3.14. The first kappa shape index (κ1) is 41.0. The average molecular weight is 724 g/mol. The minimum atomic E-state index is -0.905. The van der Waals surface area contributed by atoms with Gasteiger partial charge in [0.15, 0.2) is 0 Å². The predicted molar refractivity (Wildman–Crippen MR) is 209 cm³/mol. The van der Waals surface area contributed by atoms with Crippen molar-refractivity contribution >= 4 is 46.8 Å². The van der Waals surface area contributed by atoms with E-state index < -0.39 is 29.8 Å². The lowest BCUT2D eigenvalue weighted by Crippen LogP contribution is -2.51. The van der Waals surface area contributed by atoms with Crippen LogP contribution in [0.15, 0.2) is 99.3 Å². The van der Waals surface area contributed by atoms with Crippen molar-refractivity contribution in [1.82, 2.24) is 21.3 Å². The molecule has 0 aromatic heterocycles. The van der Waals surface area contributed by atoms with Gasteiger partial charge in [-0.05, 0) is 74.1 Å². The normalized spacial score (nSPS) is 13.1. The molecule has 0 aliphatic rings. The van der Waals surface area contributed by atoms with E-state index in [1.807, 2.05) is 44.2 Å². The van der Waals surface area contributed by atoms with E-state index in [-0.39, 0.29) is 37.3 Å². The summed E-state index contributed by atoms with van der Waals surface area (Å²) in [6, 6.07) is 21.0. The molecule has 0 radical (unpaired) electrons. The van der Waals surface area contributed by atoms with Gasteiger partial charge in [-0.15, -0.1) is 10.2 Å². The molecule has 3 rings (SSSR count). The zero-order chi connectivity index (χ0) is 38.9. The van der Waals surface area contributed by atoms with Crippen molar-refractivity contribution in [2.45, 2.75) is 59.5 Å². The summed E-state index contributed by atoms with van der Waals surface area (Å²) in [4.78, 5) is 52.9. The van der Waals surface area contributed by atoms with Crippen LogP contribution in [0.2, 0.25) is 0 Å². The number of hydrogen-bond acceptors (Lipinski definition) is 8. The topological polar surface area (TPSA) is 244 Å². The number of rotatable bonds is 17. The van der Waals surface area contributed by atoms with Crippen molar-refractivity contribution in [3.05, 3.63) is 107 Å². The van der Waals surface area contributed by atoms with Gasteiger partial charge in [-0.1, -0.05) is 68.4 Å². The third kappa shape index (κ3) is 14.0. The van der Waals surface area contributed by atoms with Crippen LogP contribution in [0.4, 0.5) is 0 Å². The molecule has 0 spiro atoms. The summed E-state index contributed by atoms with van der Waals surface area (Å²) in [5.74, 6) is -1.38. The van der Waals surface area contributed by atoms with Crippen molar-refractivity contribution in [2.75, 3.05) is 13.1 Å². The molecule has 0 saturated carbocycles. The van der Waals surface area contributed by atoms with E-state index >= 15 is 0 Å². The lowest BCUT2D eigenvalue weighted by Gasteiger charge is -2.21. The highest BCUT2D eigenvalue weighted by Crippen LogP contribution is 2.11. The Balaban J connectivity index is 1.61. The van der Waals surface area contributed by atoms with Crippen molar-refractivity contribution in [1.29, 1.82) is 0 Å². The van der Waals surface area contributed by atoms with Gasteiger partial charge in [-0.3, -0.25) is 19.2 Å². The molecule has 0 aliphatic heterocycles. The fourth-order valence-electron chi connectivity index (χ4n) is 4.99. The van der Waals surface area contributed by atoms with Gasteiger partial charge < -0.3 is 38.5 Å². The highest BCUT2D eigenvalue weighted by molar-refractivity contribution is 6.02. The summed E-state index contributed by atoms with van der Waals surface area (Å²) in [7, 11) is 0. The molecule has 2 atom stereocenters. The van der Waals surface area contributed by atoms with Crippen LogP contribution < -0.4 is 38.5 Å². The highest BCUT2D eigenvalue weighted by atomic mass is 16.2. The summed E-state index contributed by atoms with van der Waals surface area (Å²) in [6.07, 6.45) is 0.642. The standard InChI is InChI=1S/C38H49N11O4/c1-23(2)21-32(44-34(50)30-15-11-28(12-16-30)24(3)46-48-26(5)39)36(52)42-19-20-43-37(53)33(22-27-9-7-6-8-10-27)45-35(51)31-17-13-29(14-18-31)25(4)47-49-38(40)41/h6-18,23,32-33H,19-22H2,1-5H3,(H2,39,48)(H,42,52)(H,43,53)(H,44,50)(H,45,51)(H4,40,41,49)/b46-24+,47-25+/t32-,33-/m0/s1. The number of guanidine groups is 1. The molecule has 4 amide bonds. The van der Waals surface area contributed by atoms with Crippen LogP contribution >= 0.6 is 0 Å². The second-order valence-corrected chi connectivity index (χ2v) is 12.7. The lowest BCUT2D eigenvalue weighted by molar-refractivity contribution is -0.124. The maximum Gasteiger partial charge on any atom is 0.251 e. The summed E-state index contributed by atoms with van der Waals surface area (Å²) < 4.78 is 0. The van der Waals surface area contributed by atoms with Gasteiger partial charge in [-0.2, -0.15) is 10.2 Å². The number of nitrogens with one attached hydrogen (secondary N) is 4. The number of nitrogens with zero attached hydrogens (tertiary/aromatic N) is 4. The summed E-state index contributed by atoms with van der Waals surface area (Å²) in [5, 5.41) is 26.8. The van der Waals surface area contributed by atoms with Gasteiger partial charge in [-0.25, -0.2) is 0 Å². The Bertz CT molecular complexity index is 1830. The number of carbonyl (C=O) groups excluding carboxylic acids is 4. The largest absolute Gasteiger partial charge is 0.386 e. The highest BCUT2D eigenvalue weighted by Gasteiger charge is 2.24. The van der Waals surface area contributed by atoms with Crippen molar-refractivity contribution in [2.24, 2.45) is 43.5 Å². The van der Waals surface area contributed by atoms with Gasteiger partial charge in [0.2, 0.25) is 17.8 Å². The maximum absolute atomic E-state index is 13.4. The minimum absolute atomic E-state index is 0.0906. The molecule has 10 N–H and O–H groups in total. The molecule has 15 nitrogen and oxygen atoms in total. The molecular weight excluding hydrogens is 674 g/mol. The van der Waals surface area contributed by atoms with Crippen molar-refractivity contribution in [3.63, 3.8) is 0 Å². The first-order valence-electron chi connectivity index (χ1n) is 17.1. The van der Waals surface area contributed by atoms with Gasteiger partial charge >= 0.3 is 0 Å². The summed E-state index contributed by atoms with van der Waals surface area (Å²) in [6.45, 7) is 9.24. The third-order valence-electron chi connectivity index (χ3n) is 7.76. The Morgan fingerprint density at radius 3 is 1.47 bits per heavy atom. The van der Waals surface area contributed by atoms with Gasteiger partial charge in [0.1, 0.15) is 17.9 Å². The van der Waals surface area contributed by atoms with E-state index in [0.717, 1.165) is 11.1 Å². The predicted octanol–water partition coefficient (Wildman–Crippen LogP) is 2.20. The second-order valence-electron chi connectivity index (χ2n) is 12.7. The van der Waals surface area contributed by atoms with Gasteiger partial charge in [0.25, 0.3) is 11.8 Å². The van der Waals surface area contributed by atoms with E-state index in [2.05, 4.69) is 41.7 Å². The Hall–Kier alpha value is -6.38. The molecule has 0 aliphatic carbocycles. The van der Waals surface area contributed by atoms with E-state index in [1.54, 1.807) is 69.3 Å². The smallest absolute Gasteiger partial charge is 0.251 e. The molecule has 3 aromatic rings. The molecule has 0 heterocycles. The number of carbonyl (C=O) groups is 4. The van der Waals surface area contributed by atoms with Crippen LogP contribution in [-0.4, -0.2) is 72.0 Å². The van der Waals surface area contributed by atoms with E-state index in [4.69, 9.17) is 17.2 Å². The fraction of sp³-hybridized carbons (Fsp3) is 0.316. The lowest BCUT2D eigenvalue weighted by atomic mass is 10.0. The van der Waals surface area contributed by atoms with Crippen LogP contribution in [-0.2, 0) is 16.0 Å². The third-order valence-corrected chi connectivity index (χ3v) is 7.76. The van der Waals surface area contributed by atoms with Crippen molar-refractivity contribution in [3.8, 4) is 0 Å². The molecule has 0 fully saturated rings. The SMILES string of the molecule is CC(N)=N/N=C(\C)c1ccc(C(=O)N[C@@H](CC(C)C)C(=O)NCCNC(=O)[C@H](Cc2ccccc2)NC(=O)c2ccc(/C(C)=N/N=C(N)N)cc2)cc1. The minimum Gasteiger partial charge on any atom is -0.386 e. The molecule has 0 saturated heterocycles. The monoisotopic (exact) mass is 723 g/mol. The van der Waals surface area contributed by atoms with E-state index in [9.17, 15) is 19.2 Å². The number of nitrogens with two attached hydrogens (primary N) is 3. The summed E-state index contributed by atoms with van der Waals surface area (Å²) >= 11 is 0. The second kappa shape index (κ2) is 20.5. The molecule has 3 aromatic carbocycles. The van der Waals surface area contributed by atoms with E-state index in [0.29, 0.717) is 40.4 Å². The van der Waals surface area contributed by atoms with E-state index in [1.165, 1.54) is 0 Å². The number of benzene rings is 3. The fourth-order valence-corrected chi connectivity index (χ4v) is 4.99. The van der Waals surface area contributed by atoms with Gasteiger partial charge in [0.05, 0.1) is 11.4 Å². The van der Waals surface area contributed by atoms with Gasteiger partial charge in [0, 0.05) is 30.6 Å². The Morgan fingerprint density at radius 1 is 0.585 bits per heavy atom. The quantitative estimate of drug-likeness (QED) is 0.0473. The Labute approximate surface area is 309 Å². The first-order chi connectivity index (χ1) is 25.2. The van der Waals surface area contributed by atoms with Crippen molar-refractivity contribution < 1.29 is 19.2 Å². The summed E-state index contributed by atoms with van der Waals surface area (Å²) in [5.41, 5.74) is 20.5. The molecule has 0 unspecified atom stereocenters. The number of amides is 4. The first-order valence-corrected chi connectivity index (χ1v) is 17.1. The maximum atomic E-state index is 13.4. The van der Waals surface area contributed by atoms with Crippen LogP contribution in [0.5, 0.6) is 0 Å². The molecule has 280 valence electrons. The molecule has 15 heteroatoms. The zero-order valence-electron chi connectivity index (χ0n) is 30.7. The Morgan fingerprint density at radius 2 is 1.02 bits per heavy atom. The zero-order valence-corrected chi connectivity index (χ0v) is 30.7.